The van der Waals surface area contributed by atoms with Gasteiger partial charge < -0.3 is 4.42 Å². The molecule has 0 aliphatic rings. The highest BCUT2D eigenvalue weighted by Gasteiger charge is 2.10. The summed E-state index contributed by atoms with van der Waals surface area (Å²) in [6, 6.07) is 9.57. The summed E-state index contributed by atoms with van der Waals surface area (Å²) in [7, 11) is 0. The van der Waals surface area contributed by atoms with Gasteiger partial charge in [0.2, 0.25) is 5.89 Å². The molecule has 0 aliphatic carbocycles. The number of nitrogens with zero attached hydrogens (tertiary/aromatic N) is 5. The Labute approximate surface area is 120 Å². The first kappa shape index (κ1) is 13.3. The molecule has 0 fully saturated rings. The predicted molar refractivity (Wildman–Crippen MR) is 75.2 cm³/mol. The fourth-order valence-electron chi connectivity index (χ4n) is 1.97. The van der Waals surface area contributed by atoms with Gasteiger partial charge in [0, 0.05) is 6.42 Å². The zero-order chi connectivity index (χ0) is 14.7. The van der Waals surface area contributed by atoms with Gasteiger partial charge in [-0.25, -0.2) is 4.79 Å². The largest absolute Gasteiger partial charge is 0.437 e. The third-order valence-electron chi connectivity index (χ3n) is 2.95. The highest BCUT2D eigenvalue weighted by molar-refractivity contribution is 5.28. The van der Waals surface area contributed by atoms with E-state index in [1.54, 1.807) is 6.20 Å². The van der Waals surface area contributed by atoms with Crippen LogP contribution in [0.2, 0.25) is 0 Å². The summed E-state index contributed by atoms with van der Waals surface area (Å²) in [4.78, 5) is 13.2. The Bertz CT molecular complexity index is 772. The standard InChI is InChI=1S/C14H15N5O2/c1-2-6-13-17-18(14(20)21-13)10-11-9-15-19(16-11)12-7-4-3-5-8-12/h3-5,7-9H,2,6,10H2,1H3. The minimum atomic E-state index is -0.465. The average molecular weight is 285 g/mol. The molecular weight excluding hydrogens is 270 g/mol. The van der Waals surface area contributed by atoms with Crippen molar-refractivity contribution in [2.24, 2.45) is 0 Å². The summed E-state index contributed by atoms with van der Waals surface area (Å²) in [6.07, 6.45) is 3.15. The van der Waals surface area contributed by atoms with E-state index in [4.69, 9.17) is 4.42 Å². The molecule has 3 aromatic rings. The molecule has 7 heteroatoms. The maximum atomic E-state index is 11.7. The maximum Gasteiger partial charge on any atom is 0.437 e. The molecule has 7 nitrogen and oxygen atoms in total. The van der Waals surface area contributed by atoms with E-state index in [-0.39, 0.29) is 6.54 Å². The molecule has 0 saturated heterocycles. The van der Waals surface area contributed by atoms with Crippen LogP contribution in [-0.4, -0.2) is 24.8 Å². The fourth-order valence-corrected chi connectivity index (χ4v) is 1.97. The van der Waals surface area contributed by atoms with Crippen LogP contribution in [0.15, 0.2) is 45.7 Å². The van der Waals surface area contributed by atoms with Crippen LogP contribution in [0.3, 0.4) is 0 Å². The number of para-hydroxylation sites is 1. The van der Waals surface area contributed by atoms with Crippen molar-refractivity contribution in [3.8, 4) is 5.69 Å². The number of benzene rings is 1. The lowest BCUT2D eigenvalue weighted by Gasteiger charge is -1.97. The monoisotopic (exact) mass is 285 g/mol. The van der Waals surface area contributed by atoms with Gasteiger partial charge >= 0.3 is 5.76 Å². The normalized spacial score (nSPS) is 10.9. The predicted octanol–water partition coefficient (Wildman–Crippen LogP) is 1.42. The topological polar surface area (TPSA) is 78.7 Å². The summed E-state index contributed by atoms with van der Waals surface area (Å²) >= 11 is 0. The number of aromatic nitrogens is 5. The van der Waals surface area contributed by atoms with Crippen LogP contribution in [-0.2, 0) is 13.0 Å². The molecule has 0 saturated carbocycles. The Morgan fingerprint density at radius 1 is 1.19 bits per heavy atom. The molecule has 1 aromatic carbocycles. The molecule has 0 unspecified atom stereocenters. The molecule has 0 amide bonds. The van der Waals surface area contributed by atoms with Crippen LogP contribution < -0.4 is 5.76 Å². The van der Waals surface area contributed by atoms with E-state index in [1.165, 1.54) is 9.48 Å². The van der Waals surface area contributed by atoms with Crippen LogP contribution in [0.25, 0.3) is 5.69 Å². The third kappa shape index (κ3) is 2.91. The zero-order valence-electron chi connectivity index (χ0n) is 11.6. The molecule has 0 spiro atoms. The van der Waals surface area contributed by atoms with Crippen molar-refractivity contribution in [3.05, 3.63) is 58.7 Å². The van der Waals surface area contributed by atoms with E-state index in [1.807, 2.05) is 37.3 Å². The van der Waals surface area contributed by atoms with Crippen molar-refractivity contribution in [3.63, 3.8) is 0 Å². The zero-order valence-corrected chi connectivity index (χ0v) is 11.6. The first-order valence-electron chi connectivity index (χ1n) is 6.79. The van der Waals surface area contributed by atoms with E-state index >= 15 is 0 Å². The van der Waals surface area contributed by atoms with Crippen LogP contribution in [0, 0.1) is 0 Å². The molecule has 2 aromatic heterocycles. The van der Waals surface area contributed by atoms with Gasteiger partial charge in [0.25, 0.3) is 0 Å². The molecule has 0 bridgehead atoms. The highest BCUT2D eigenvalue weighted by Crippen LogP contribution is 2.05. The second-order valence-corrected chi connectivity index (χ2v) is 4.63. The fraction of sp³-hybridized carbons (Fsp3) is 0.286. The summed E-state index contributed by atoms with van der Waals surface area (Å²) in [5, 5.41) is 12.7. The SMILES string of the molecule is CCCc1nn(Cc2cnn(-c3ccccc3)n2)c(=O)o1. The molecule has 21 heavy (non-hydrogen) atoms. The number of hydrogen-bond acceptors (Lipinski definition) is 5. The van der Waals surface area contributed by atoms with Crippen molar-refractivity contribution in [2.45, 2.75) is 26.3 Å². The summed E-state index contributed by atoms with van der Waals surface area (Å²) in [5.74, 6) is -0.00865. The van der Waals surface area contributed by atoms with Crippen molar-refractivity contribution < 1.29 is 4.42 Å². The van der Waals surface area contributed by atoms with E-state index in [9.17, 15) is 4.79 Å². The van der Waals surface area contributed by atoms with Crippen LogP contribution >= 0.6 is 0 Å². The Kier molecular flexibility index (Phi) is 3.63. The lowest BCUT2D eigenvalue weighted by molar-refractivity contribution is 0.447. The van der Waals surface area contributed by atoms with Gasteiger partial charge in [-0.05, 0) is 18.6 Å². The van der Waals surface area contributed by atoms with Gasteiger partial charge in [0.1, 0.15) is 5.69 Å². The Balaban J connectivity index is 1.80. The molecule has 0 N–H and O–H groups in total. The quantitative estimate of drug-likeness (QED) is 0.708. The lowest BCUT2D eigenvalue weighted by atomic mass is 10.3. The maximum absolute atomic E-state index is 11.7. The third-order valence-corrected chi connectivity index (χ3v) is 2.95. The summed E-state index contributed by atoms with van der Waals surface area (Å²) in [6.45, 7) is 2.25. The van der Waals surface area contributed by atoms with Crippen molar-refractivity contribution >= 4 is 0 Å². The number of hydrogen-bond donors (Lipinski definition) is 0. The Morgan fingerprint density at radius 2 is 2.00 bits per heavy atom. The van der Waals surface area contributed by atoms with Gasteiger partial charge in [-0.3, -0.25) is 0 Å². The average Bonchev–Trinajstić information content (AvgIpc) is 3.09. The minimum Gasteiger partial charge on any atom is -0.392 e. The first-order chi connectivity index (χ1) is 10.3. The number of aryl methyl sites for hydroxylation is 1. The van der Waals surface area contributed by atoms with Crippen molar-refractivity contribution in [1.29, 1.82) is 0 Å². The molecule has 0 radical (unpaired) electrons. The highest BCUT2D eigenvalue weighted by atomic mass is 16.4. The van der Waals surface area contributed by atoms with E-state index < -0.39 is 5.76 Å². The summed E-state index contributed by atoms with van der Waals surface area (Å²) < 4.78 is 6.33. The van der Waals surface area contributed by atoms with Crippen LogP contribution in [0.5, 0.6) is 0 Å². The number of rotatable bonds is 5. The van der Waals surface area contributed by atoms with Gasteiger partial charge in [0.05, 0.1) is 18.4 Å². The molecule has 0 aliphatic heterocycles. The van der Waals surface area contributed by atoms with Gasteiger partial charge in [-0.1, -0.05) is 25.1 Å². The van der Waals surface area contributed by atoms with Crippen LogP contribution in [0.1, 0.15) is 24.9 Å². The molecular formula is C14H15N5O2. The van der Waals surface area contributed by atoms with Crippen molar-refractivity contribution in [2.75, 3.05) is 0 Å². The van der Waals surface area contributed by atoms with E-state index in [2.05, 4.69) is 15.3 Å². The second kappa shape index (κ2) is 5.74. The molecule has 108 valence electrons. The second-order valence-electron chi connectivity index (χ2n) is 4.63. The van der Waals surface area contributed by atoms with Gasteiger partial charge in [-0.15, -0.1) is 5.10 Å². The van der Waals surface area contributed by atoms with E-state index in [0.29, 0.717) is 18.0 Å². The van der Waals surface area contributed by atoms with Gasteiger partial charge in [0.15, 0.2) is 0 Å². The van der Waals surface area contributed by atoms with E-state index in [0.717, 1.165) is 12.1 Å². The Morgan fingerprint density at radius 3 is 2.76 bits per heavy atom. The smallest absolute Gasteiger partial charge is 0.392 e. The minimum absolute atomic E-state index is 0.249. The summed E-state index contributed by atoms with van der Waals surface area (Å²) in [5.41, 5.74) is 1.51. The van der Waals surface area contributed by atoms with Crippen molar-refractivity contribution in [1.82, 2.24) is 24.8 Å². The lowest BCUT2D eigenvalue weighted by Crippen LogP contribution is -2.17. The molecule has 0 atom stereocenters. The molecule has 3 rings (SSSR count). The Hall–Kier alpha value is -2.70. The first-order valence-corrected chi connectivity index (χ1v) is 6.79. The van der Waals surface area contributed by atoms with Gasteiger partial charge in [-0.2, -0.15) is 19.7 Å². The van der Waals surface area contributed by atoms with Crippen LogP contribution in [0.4, 0.5) is 0 Å². The molecule has 2 heterocycles.